The highest BCUT2D eigenvalue weighted by Crippen LogP contribution is 1.92. The summed E-state index contributed by atoms with van der Waals surface area (Å²) in [5.41, 5.74) is 2.64. The molecule has 0 aliphatic carbocycles. The lowest BCUT2D eigenvalue weighted by atomic mass is 10.2. The molecule has 0 spiro atoms. The van der Waals surface area contributed by atoms with E-state index in [-0.39, 0.29) is 0 Å². The van der Waals surface area contributed by atoms with Crippen LogP contribution in [0.4, 0.5) is 0 Å². The summed E-state index contributed by atoms with van der Waals surface area (Å²) in [6.45, 7) is 4.17. The molecule has 0 heterocycles. The van der Waals surface area contributed by atoms with E-state index >= 15 is 0 Å². The molecule has 0 atom stereocenters. The molecule has 5 N–H and O–H groups in total. The number of benzene rings is 3. The third-order valence-corrected chi connectivity index (χ3v) is 2.55. The van der Waals surface area contributed by atoms with Crippen molar-refractivity contribution in [2.24, 2.45) is 0 Å². The molecule has 10 nitrogen and oxygen atoms in total. The smallest absolute Gasteiger partial charge is 0.222 e. The second kappa shape index (κ2) is 46.7. The molecular weight excluding hydrogens is 450 g/mol. The fourth-order valence-corrected chi connectivity index (χ4v) is 1.45. The maximum absolute atomic E-state index is 8.35. The molecule has 3 aromatic rings. The number of hydrogen-bond acceptors (Lipinski definition) is 10. The van der Waals surface area contributed by atoms with E-state index in [0.29, 0.717) is 0 Å². The first-order valence-electron chi connectivity index (χ1n) is 9.09. The molecule has 0 bridgehead atoms. The third kappa shape index (κ3) is 73.5. The highest BCUT2D eigenvalue weighted by atomic mass is 16.1. The van der Waals surface area contributed by atoms with Gasteiger partial charge in [-0.1, -0.05) is 108 Å². The molecule has 182 valence electrons. The van der Waals surface area contributed by atoms with Gasteiger partial charge in [-0.3, -0.25) is 0 Å². The first kappa shape index (κ1) is 40.0. The molecule has 0 saturated carbocycles. The van der Waals surface area contributed by atoms with E-state index in [1.807, 2.05) is 72.8 Å². The van der Waals surface area contributed by atoms with Crippen LogP contribution in [0.3, 0.4) is 0 Å². The molecule has 0 aliphatic heterocycles. The Morgan fingerprint density at radius 2 is 0.486 bits per heavy atom. The molecule has 0 unspecified atom stereocenters. The first-order valence-corrected chi connectivity index (χ1v) is 9.09. The molecule has 3 aromatic carbocycles. The number of rotatable bonds is 0. The van der Waals surface area contributed by atoms with Crippen LogP contribution in [0.15, 0.2) is 97.1 Å². The number of hydrogen-bond donors (Lipinski definition) is 5. The van der Waals surface area contributed by atoms with E-state index in [0.717, 1.165) is 30.4 Å². The Kier molecular flexibility index (Phi) is 53.3. The summed E-state index contributed by atoms with van der Waals surface area (Å²) in [6.07, 6.45) is 3.75. The summed E-state index contributed by atoms with van der Waals surface area (Å²) in [4.78, 5) is 41.7. The topological polar surface area (TPSA) is 205 Å². The lowest BCUT2D eigenvalue weighted by Crippen LogP contribution is -1.62. The van der Waals surface area contributed by atoms with Crippen molar-refractivity contribution in [3.05, 3.63) is 108 Å². The molecule has 0 fully saturated rings. The van der Waals surface area contributed by atoms with Crippen LogP contribution in [0.1, 0.15) is 11.1 Å². The SMILES string of the molecule is Cc1ccccc1.Cc1ccccc1.N=C=O.N=C=O.N=C=O.N=C=O.N=C=O.c1ccccc1. The predicted octanol–water partition coefficient (Wildman–Crippen LogP) is 5.18. The van der Waals surface area contributed by atoms with E-state index in [1.165, 1.54) is 11.1 Å². The lowest BCUT2D eigenvalue weighted by Gasteiger charge is -1.82. The van der Waals surface area contributed by atoms with Gasteiger partial charge in [0.15, 0.2) is 0 Å². The van der Waals surface area contributed by atoms with Crippen LogP contribution in [-0.2, 0) is 24.0 Å². The maximum atomic E-state index is 8.35. The zero-order chi connectivity index (χ0) is 28.0. The van der Waals surface area contributed by atoms with Crippen molar-refractivity contribution in [1.29, 1.82) is 27.0 Å². The summed E-state index contributed by atoms with van der Waals surface area (Å²) < 4.78 is 0. The molecule has 3 rings (SSSR count). The Balaban J connectivity index is -0.000000102. The van der Waals surface area contributed by atoms with Gasteiger partial charge in [0, 0.05) is 0 Å². The van der Waals surface area contributed by atoms with Crippen LogP contribution in [-0.4, -0.2) is 30.4 Å². The number of aryl methyl sites for hydroxylation is 2. The van der Waals surface area contributed by atoms with E-state index in [9.17, 15) is 0 Å². The number of carbonyl (C=O) groups excluding carboxylic acids is 5. The van der Waals surface area contributed by atoms with Gasteiger partial charge >= 0.3 is 0 Å². The normalized spacial score (nSPS) is 6.00. The number of nitrogens with one attached hydrogen (secondary N) is 5. The van der Waals surface area contributed by atoms with Crippen molar-refractivity contribution in [2.75, 3.05) is 0 Å². The lowest BCUT2D eigenvalue weighted by molar-refractivity contribution is 0.562. The predicted molar refractivity (Wildman–Crippen MR) is 131 cm³/mol. The minimum atomic E-state index is 0.750. The van der Waals surface area contributed by atoms with Crippen LogP contribution in [0.25, 0.3) is 0 Å². The van der Waals surface area contributed by atoms with Gasteiger partial charge < -0.3 is 0 Å². The molecular formula is C25H27N5O5. The molecule has 0 aliphatic rings. The van der Waals surface area contributed by atoms with Gasteiger partial charge in [-0.15, -0.1) is 0 Å². The third-order valence-electron chi connectivity index (χ3n) is 2.55. The molecule has 0 amide bonds. The maximum Gasteiger partial charge on any atom is 0.231 e. The van der Waals surface area contributed by atoms with Gasteiger partial charge in [-0.25, -0.2) is 51.0 Å². The van der Waals surface area contributed by atoms with E-state index in [4.69, 9.17) is 51.0 Å². The quantitative estimate of drug-likeness (QED) is 0.218. The van der Waals surface area contributed by atoms with E-state index in [2.05, 4.69) is 38.1 Å². The van der Waals surface area contributed by atoms with Gasteiger partial charge in [0.1, 0.15) is 0 Å². The average Bonchev–Trinajstić information content (AvgIpc) is 2.85. The largest absolute Gasteiger partial charge is 0.231 e. The van der Waals surface area contributed by atoms with E-state index < -0.39 is 0 Å². The minimum Gasteiger partial charge on any atom is -0.222 e. The van der Waals surface area contributed by atoms with Crippen molar-refractivity contribution in [1.82, 2.24) is 0 Å². The first-order chi connectivity index (χ1) is 16.9. The Labute approximate surface area is 203 Å². The van der Waals surface area contributed by atoms with Crippen molar-refractivity contribution in [3.8, 4) is 0 Å². The molecule has 0 radical (unpaired) electrons. The summed E-state index contributed by atoms with van der Waals surface area (Å²) in [7, 11) is 0. The monoisotopic (exact) mass is 477 g/mol. The van der Waals surface area contributed by atoms with Gasteiger partial charge in [0.25, 0.3) is 0 Å². The van der Waals surface area contributed by atoms with Crippen LogP contribution in [0.2, 0.25) is 0 Å². The van der Waals surface area contributed by atoms with Crippen molar-refractivity contribution in [3.63, 3.8) is 0 Å². The summed E-state index contributed by atoms with van der Waals surface area (Å²) >= 11 is 0. The van der Waals surface area contributed by atoms with Gasteiger partial charge in [0.2, 0.25) is 30.4 Å². The fourth-order valence-electron chi connectivity index (χ4n) is 1.45. The van der Waals surface area contributed by atoms with Gasteiger partial charge in [0.05, 0.1) is 0 Å². The van der Waals surface area contributed by atoms with Gasteiger partial charge in [-0.2, -0.15) is 0 Å². The fraction of sp³-hybridized carbons (Fsp3) is 0.0800. The highest BCUT2D eigenvalue weighted by Gasteiger charge is 1.72. The second-order valence-electron chi connectivity index (χ2n) is 4.97. The average molecular weight is 478 g/mol. The molecule has 35 heavy (non-hydrogen) atoms. The Morgan fingerprint density at radius 1 is 0.371 bits per heavy atom. The molecule has 0 aromatic heterocycles. The summed E-state index contributed by atoms with van der Waals surface area (Å²) in [5.74, 6) is 0. The highest BCUT2D eigenvalue weighted by molar-refractivity contribution is 5.27. The van der Waals surface area contributed by atoms with Crippen LogP contribution < -0.4 is 0 Å². The Morgan fingerprint density at radius 3 is 0.571 bits per heavy atom. The van der Waals surface area contributed by atoms with Crippen LogP contribution in [0, 0.1) is 40.9 Å². The van der Waals surface area contributed by atoms with Crippen molar-refractivity contribution in [2.45, 2.75) is 13.8 Å². The summed E-state index contributed by atoms with van der Waals surface area (Å²) in [6, 6.07) is 32.5. The van der Waals surface area contributed by atoms with Crippen molar-refractivity contribution >= 4 is 30.4 Å². The molecule has 0 saturated heterocycles. The van der Waals surface area contributed by atoms with Crippen molar-refractivity contribution < 1.29 is 24.0 Å². The number of isocyanates is 5. The zero-order valence-corrected chi connectivity index (χ0v) is 19.3. The second-order valence-corrected chi connectivity index (χ2v) is 4.97. The Bertz CT molecular complexity index is 835. The standard InChI is InChI=1S/2C7H8.C6H6.5CHNO/c2*1-7-5-3-2-4-6-7;1-2-4-6-5-3-1;5*2-1-3/h2*2-6H,1H3;1-6H;5*2H. The van der Waals surface area contributed by atoms with Gasteiger partial charge in [-0.05, 0) is 13.8 Å². The summed E-state index contributed by atoms with van der Waals surface area (Å²) in [5, 5.41) is 27.0. The van der Waals surface area contributed by atoms with Crippen LogP contribution >= 0.6 is 0 Å². The molecule has 10 heteroatoms. The van der Waals surface area contributed by atoms with E-state index in [1.54, 1.807) is 0 Å². The Hall–Kier alpha value is -5.44. The zero-order valence-electron chi connectivity index (χ0n) is 19.3. The van der Waals surface area contributed by atoms with Crippen LogP contribution in [0.5, 0.6) is 0 Å². The minimum absolute atomic E-state index is 0.750.